The fourth-order valence-corrected chi connectivity index (χ4v) is 1.51. The molecule has 0 aliphatic heterocycles. The summed E-state index contributed by atoms with van der Waals surface area (Å²) in [6.07, 6.45) is 5.85. The van der Waals surface area contributed by atoms with E-state index >= 15 is 0 Å². The zero-order chi connectivity index (χ0) is 9.68. The second-order valence-electron chi connectivity index (χ2n) is 2.47. The largest absolute Gasteiger partial charge is 0.452 e. The summed E-state index contributed by atoms with van der Waals surface area (Å²) in [5.74, 6) is 3.44. The first-order chi connectivity index (χ1) is 6.24. The van der Waals surface area contributed by atoms with E-state index in [2.05, 4.69) is 43.1 Å². The Morgan fingerprint density at radius 2 is 2.31 bits per heavy atom. The first-order valence-corrected chi connectivity index (χ1v) is 5.40. The predicted molar refractivity (Wildman–Crippen MR) is 59.3 cm³/mol. The van der Waals surface area contributed by atoms with E-state index < -0.39 is 0 Å². The maximum atomic E-state index is 5.35. The molecule has 0 unspecified atom stereocenters. The number of rotatable bonds is 4. The van der Waals surface area contributed by atoms with Crippen molar-refractivity contribution in [2.24, 2.45) is 0 Å². The van der Waals surface area contributed by atoms with Gasteiger partial charge in [-0.1, -0.05) is 0 Å². The van der Waals surface area contributed by atoms with E-state index in [-0.39, 0.29) is 0 Å². The van der Waals surface area contributed by atoms with E-state index in [0.717, 1.165) is 27.9 Å². The van der Waals surface area contributed by atoms with Crippen LogP contribution in [-0.2, 0) is 6.54 Å². The van der Waals surface area contributed by atoms with E-state index in [1.807, 2.05) is 6.07 Å². The molecule has 1 rings (SSSR count). The van der Waals surface area contributed by atoms with Crippen LogP contribution in [0.4, 0.5) is 0 Å². The lowest BCUT2D eigenvalue weighted by Crippen LogP contribution is -2.13. The molecule has 0 spiro atoms. The first kappa shape index (κ1) is 10.8. The van der Waals surface area contributed by atoms with E-state index in [4.69, 9.17) is 10.8 Å². The van der Waals surface area contributed by atoms with Gasteiger partial charge in [0.05, 0.1) is 11.0 Å². The fourth-order valence-electron chi connectivity index (χ4n) is 0.851. The zero-order valence-corrected chi connectivity index (χ0v) is 10.1. The average molecular weight is 307 g/mol. The third kappa shape index (κ3) is 3.55. The van der Waals surface area contributed by atoms with Crippen molar-refractivity contribution >= 4 is 31.9 Å². The van der Waals surface area contributed by atoms with Crippen molar-refractivity contribution in [3.63, 3.8) is 0 Å². The lowest BCUT2D eigenvalue weighted by Gasteiger charge is -1.97. The monoisotopic (exact) mass is 305 g/mol. The Hall–Kier alpha value is -0.240. The summed E-state index contributed by atoms with van der Waals surface area (Å²) in [6, 6.07) is 1.92. The van der Waals surface area contributed by atoms with Crippen LogP contribution in [0.15, 0.2) is 19.6 Å². The van der Waals surface area contributed by atoms with Crippen molar-refractivity contribution in [2.45, 2.75) is 13.0 Å². The molecule has 0 aromatic carbocycles. The summed E-state index contributed by atoms with van der Waals surface area (Å²) in [5.41, 5.74) is 0. The number of nitrogens with one attached hydrogen (secondary N) is 1. The fraction of sp³-hybridized carbons (Fsp3) is 0.333. The van der Waals surface area contributed by atoms with Gasteiger partial charge in [0, 0.05) is 13.0 Å². The van der Waals surface area contributed by atoms with Crippen molar-refractivity contribution in [3.8, 4) is 12.3 Å². The highest BCUT2D eigenvalue weighted by Crippen LogP contribution is 2.26. The van der Waals surface area contributed by atoms with Gasteiger partial charge in [-0.25, -0.2) is 0 Å². The number of hydrogen-bond acceptors (Lipinski definition) is 2. The Bertz CT molecular complexity index is 294. The quantitative estimate of drug-likeness (QED) is 0.683. The summed E-state index contributed by atoms with van der Waals surface area (Å²) >= 11 is 6.60. The molecule has 0 atom stereocenters. The molecule has 1 heterocycles. The first-order valence-electron chi connectivity index (χ1n) is 3.82. The molecule has 0 amide bonds. The van der Waals surface area contributed by atoms with Crippen molar-refractivity contribution < 1.29 is 4.42 Å². The molecule has 1 aromatic rings. The Morgan fingerprint density at radius 1 is 1.54 bits per heavy atom. The summed E-state index contributed by atoms with van der Waals surface area (Å²) in [4.78, 5) is 0. The van der Waals surface area contributed by atoms with Crippen LogP contribution in [0.2, 0.25) is 0 Å². The van der Waals surface area contributed by atoms with Gasteiger partial charge in [0.1, 0.15) is 5.76 Å². The molecule has 0 saturated carbocycles. The highest BCUT2D eigenvalue weighted by Gasteiger charge is 2.04. The summed E-state index contributed by atoms with van der Waals surface area (Å²) in [5, 5.41) is 3.17. The highest BCUT2D eigenvalue weighted by molar-refractivity contribution is 9.13. The number of halogens is 2. The minimum Gasteiger partial charge on any atom is -0.452 e. The Balaban J connectivity index is 2.34. The van der Waals surface area contributed by atoms with Crippen LogP contribution in [0, 0.1) is 12.3 Å². The Morgan fingerprint density at radius 3 is 2.85 bits per heavy atom. The SMILES string of the molecule is C#CCCNCc1cc(Br)c(Br)o1. The zero-order valence-electron chi connectivity index (χ0n) is 6.94. The van der Waals surface area contributed by atoms with Crippen molar-refractivity contribution in [1.29, 1.82) is 0 Å². The molecular weight excluding hydrogens is 298 g/mol. The van der Waals surface area contributed by atoms with Gasteiger partial charge in [-0.3, -0.25) is 0 Å². The maximum Gasteiger partial charge on any atom is 0.183 e. The molecule has 4 heteroatoms. The molecular formula is C9H9Br2NO. The molecule has 0 radical (unpaired) electrons. The van der Waals surface area contributed by atoms with Gasteiger partial charge in [-0.15, -0.1) is 12.3 Å². The second kappa shape index (κ2) is 5.48. The third-order valence-electron chi connectivity index (χ3n) is 1.44. The molecule has 0 fully saturated rings. The minimum atomic E-state index is 0.700. The smallest absolute Gasteiger partial charge is 0.183 e. The van der Waals surface area contributed by atoms with Gasteiger partial charge in [0.15, 0.2) is 4.67 Å². The summed E-state index contributed by atoms with van der Waals surface area (Å²) < 4.78 is 7.01. The molecule has 0 aliphatic rings. The van der Waals surface area contributed by atoms with Gasteiger partial charge in [0.2, 0.25) is 0 Å². The number of terminal acetylenes is 1. The number of furan rings is 1. The standard InChI is InChI=1S/C9H9Br2NO/c1-2-3-4-12-6-7-5-8(10)9(11)13-7/h1,5,12H,3-4,6H2. The molecule has 0 bridgehead atoms. The molecule has 13 heavy (non-hydrogen) atoms. The van der Waals surface area contributed by atoms with Crippen molar-refractivity contribution in [2.75, 3.05) is 6.54 Å². The van der Waals surface area contributed by atoms with Gasteiger partial charge in [-0.05, 0) is 37.9 Å². The normalized spacial score (nSPS) is 9.92. The van der Waals surface area contributed by atoms with Gasteiger partial charge < -0.3 is 9.73 Å². The predicted octanol–water partition coefficient (Wildman–Crippen LogP) is 2.92. The lowest BCUT2D eigenvalue weighted by molar-refractivity contribution is 0.466. The summed E-state index contributed by atoms with van der Waals surface area (Å²) in [6.45, 7) is 1.51. The topological polar surface area (TPSA) is 25.2 Å². The van der Waals surface area contributed by atoms with E-state index in [0.29, 0.717) is 6.54 Å². The van der Waals surface area contributed by atoms with Crippen LogP contribution in [0.25, 0.3) is 0 Å². The molecule has 1 aromatic heterocycles. The van der Waals surface area contributed by atoms with Crippen LogP contribution < -0.4 is 5.32 Å². The van der Waals surface area contributed by atoms with Crippen molar-refractivity contribution in [3.05, 3.63) is 21.0 Å². The van der Waals surface area contributed by atoms with Crippen LogP contribution in [0.5, 0.6) is 0 Å². The minimum absolute atomic E-state index is 0.700. The van der Waals surface area contributed by atoms with E-state index in [1.54, 1.807) is 0 Å². The Kier molecular flexibility index (Phi) is 4.57. The van der Waals surface area contributed by atoms with E-state index in [9.17, 15) is 0 Å². The molecule has 70 valence electrons. The molecule has 2 nitrogen and oxygen atoms in total. The molecule has 0 aliphatic carbocycles. The molecule has 1 N–H and O–H groups in total. The maximum absolute atomic E-state index is 5.35. The van der Waals surface area contributed by atoms with Gasteiger partial charge in [0.25, 0.3) is 0 Å². The van der Waals surface area contributed by atoms with Crippen LogP contribution in [0.3, 0.4) is 0 Å². The van der Waals surface area contributed by atoms with Gasteiger partial charge in [-0.2, -0.15) is 0 Å². The van der Waals surface area contributed by atoms with Crippen molar-refractivity contribution in [1.82, 2.24) is 5.32 Å². The van der Waals surface area contributed by atoms with Crippen LogP contribution in [-0.4, -0.2) is 6.54 Å². The number of hydrogen-bond donors (Lipinski definition) is 1. The second-order valence-corrected chi connectivity index (χ2v) is 4.04. The highest BCUT2D eigenvalue weighted by atomic mass is 79.9. The average Bonchev–Trinajstić information content (AvgIpc) is 2.41. The van der Waals surface area contributed by atoms with Gasteiger partial charge >= 0.3 is 0 Å². The Labute approximate surface area is 94.3 Å². The lowest BCUT2D eigenvalue weighted by atomic mass is 10.4. The van der Waals surface area contributed by atoms with E-state index in [1.165, 1.54) is 0 Å². The van der Waals surface area contributed by atoms with Crippen LogP contribution in [0.1, 0.15) is 12.2 Å². The van der Waals surface area contributed by atoms with Crippen LogP contribution >= 0.6 is 31.9 Å². The third-order valence-corrected chi connectivity index (χ3v) is 3.15. The molecule has 0 saturated heterocycles. The summed E-state index contributed by atoms with van der Waals surface area (Å²) in [7, 11) is 0.